The molecule has 0 radical (unpaired) electrons. The number of fused-ring (bicyclic) bond motifs is 1. The van der Waals surface area contributed by atoms with Crippen molar-refractivity contribution >= 4 is 11.7 Å². The Hall–Kier alpha value is -2.11. The normalized spacial score (nSPS) is 15.7. The third-order valence-corrected chi connectivity index (χ3v) is 3.73. The highest BCUT2D eigenvalue weighted by Gasteiger charge is 2.20. The summed E-state index contributed by atoms with van der Waals surface area (Å²) < 4.78 is 3.78. The molecule has 0 bridgehead atoms. The minimum atomic E-state index is -0.335. The molecule has 3 rings (SSSR count). The van der Waals surface area contributed by atoms with Crippen LogP contribution in [-0.2, 0) is 17.8 Å². The topological polar surface area (TPSA) is 64.7 Å². The summed E-state index contributed by atoms with van der Waals surface area (Å²) in [7, 11) is 0. The lowest BCUT2D eigenvalue weighted by molar-refractivity contribution is -0.119. The summed E-state index contributed by atoms with van der Waals surface area (Å²) in [5, 5.41) is 7.15. The lowest BCUT2D eigenvalue weighted by atomic mass is 10.2. The van der Waals surface area contributed by atoms with Gasteiger partial charge in [-0.15, -0.1) is 0 Å². The van der Waals surface area contributed by atoms with E-state index in [2.05, 4.69) is 20.0 Å². The van der Waals surface area contributed by atoms with Crippen LogP contribution >= 0.6 is 0 Å². The largest absolute Gasteiger partial charge is 0.315 e. The Morgan fingerprint density at radius 3 is 3.00 bits per heavy atom. The minimum absolute atomic E-state index is 0.0682. The molecule has 1 aliphatic rings. The van der Waals surface area contributed by atoms with Gasteiger partial charge in [-0.3, -0.25) is 9.48 Å². The van der Waals surface area contributed by atoms with E-state index in [9.17, 15) is 4.79 Å². The molecule has 1 aliphatic heterocycles. The quantitative estimate of drug-likeness (QED) is 0.929. The Kier molecular flexibility index (Phi) is 3.30. The zero-order valence-corrected chi connectivity index (χ0v) is 11.8. The van der Waals surface area contributed by atoms with Crippen molar-refractivity contribution < 1.29 is 4.79 Å². The Morgan fingerprint density at radius 2 is 2.25 bits per heavy atom. The molecule has 0 unspecified atom stereocenters. The summed E-state index contributed by atoms with van der Waals surface area (Å²) >= 11 is 0. The summed E-state index contributed by atoms with van der Waals surface area (Å²) in [5.41, 5.74) is 1.05. The van der Waals surface area contributed by atoms with Gasteiger partial charge < -0.3 is 9.88 Å². The monoisotopic (exact) mass is 273 g/mol. The van der Waals surface area contributed by atoms with Gasteiger partial charge >= 0.3 is 0 Å². The van der Waals surface area contributed by atoms with Crippen LogP contribution in [0, 0.1) is 6.92 Å². The predicted octanol–water partition coefficient (Wildman–Crippen LogP) is 1.92. The first kappa shape index (κ1) is 12.9. The fraction of sp³-hybridized carbons (Fsp3) is 0.500. The second kappa shape index (κ2) is 5.11. The Balaban J connectivity index is 1.74. The highest BCUT2D eigenvalue weighted by atomic mass is 16.2. The number of anilines is 1. The van der Waals surface area contributed by atoms with Gasteiger partial charge in [-0.1, -0.05) is 0 Å². The second-order valence-electron chi connectivity index (χ2n) is 5.33. The highest BCUT2D eigenvalue weighted by Crippen LogP contribution is 2.20. The molecule has 6 heteroatoms. The summed E-state index contributed by atoms with van der Waals surface area (Å²) in [6.45, 7) is 4.73. The van der Waals surface area contributed by atoms with E-state index in [-0.39, 0.29) is 11.9 Å². The van der Waals surface area contributed by atoms with Crippen LogP contribution in [0.3, 0.4) is 0 Å². The number of imidazole rings is 1. The van der Waals surface area contributed by atoms with Crippen molar-refractivity contribution in [3.05, 3.63) is 30.0 Å². The summed E-state index contributed by atoms with van der Waals surface area (Å²) in [4.78, 5) is 16.7. The maximum Gasteiger partial charge on any atom is 0.250 e. The number of carbonyl (C=O) groups is 1. The Morgan fingerprint density at radius 1 is 1.40 bits per heavy atom. The maximum absolute atomic E-state index is 12.3. The van der Waals surface area contributed by atoms with Crippen LogP contribution in [0.15, 0.2) is 18.6 Å². The number of carbonyl (C=O) groups excluding carboxylic acids is 1. The standard InChI is InChI=1S/C14H19N5O/c1-10-7-16-19(9-10)11(2)14(20)17-13-8-15-12-5-3-4-6-18(12)13/h7-9,11H,3-6H2,1-2H3,(H,17,20)/t11-/m1/s1. The van der Waals surface area contributed by atoms with Crippen molar-refractivity contribution in [2.75, 3.05) is 5.32 Å². The van der Waals surface area contributed by atoms with Crippen LogP contribution in [0.5, 0.6) is 0 Å². The molecule has 3 heterocycles. The maximum atomic E-state index is 12.3. The van der Waals surface area contributed by atoms with Crippen molar-refractivity contribution in [1.29, 1.82) is 0 Å². The average molecular weight is 273 g/mol. The predicted molar refractivity (Wildman–Crippen MR) is 75.5 cm³/mol. The fourth-order valence-corrected chi connectivity index (χ4v) is 2.51. The molecule has 20 heavy (non-hydrogen) atoms. The number of aromatic nitrogens is 4. The van der Waals surface area contributed by atoms with E-state index in [0.717, 1.165) is 36.6 Å². The van der Waals surface area contributed by atoms with E-state index < -0.39 is 0 Å². The number of hydrogen-bond acceptors (Lipinski definition) is 3. The number of hydrogen-bond donors (Lipinski definition) is 1. The van der Waals surface area contributed by atoms with E-state index in [1.165, 1.54) is 6.42 Å². The van der Waals surface area contributed by atoms with Crippen molar-refractivity contribution in [3.8, 4) is 0 Å². The van der Waals surface area contributed by atoms with Gasteiger partial charge in [-0.05, 0) is 32.3 Å². The molecule has 0 aliphatic carbocycles. The van der Waals surface area contributed by atoms with Gasteiger partial charge in [0, 0.05) is 19.2 Å². The van der Waals surface area contributed by atoms with Crippen molar-refractivity contribution in [2.45, 2.75) is 45.7 Å². The van der Waals surface area contributed by atoms with Crippen molar-refractivity contribution in [2.24, 2.45) is 0 Å². The van der Waals surface area contributed by atoms with E-state index in [1.54, 1.807) is 17.1 Å². The van der Waals surface area contributed by atoms with Gasteiger partial charge in [0.2, 0.25) is 5.91 Å². The van der Waals surface area contributed by atoms with Gasteiger partial charge in [-0.25, -0.2) is 4.98 Å². The van der Waals surface area contributed by atoms with Crippen LogP contribution in [0.2, 0.25) is 0 Å². The molecule has 1 N–H and O–H groups in total. The molecule has 2 aromatic heterocycles. The Labute approximate surface area is 117 Å². The van der Waals surface area contributed by atoms with Crippen LogP contribution in [-0.4, -0.2) is 25.2 Å². The molecular formula is C14H19N5O. The zero-order valence-electron chi connectivity index (χ0n) is 11.8. The van der Waals surface area contributed by atoms with Gasteiger partial charge in [0.25, 0.3) is 0 Å². The molecule has 0 saturated heterocycles. The van der Waals surface area contributed by atoms with Crippen molar-refractivity contribution in [3.63, 3.8) is 0 Å². The fourth-order valence-electron chi connectivity index (χ4n) is 2.51. The van der Waals surface area contributed by atoms with E-state index in [0.29, 0.717) is 0 Å². The van der Waals surface area contributed by atoms with Gasteiger partial charge in [0.15, 0.2) is 0 Å². The lowest BCUT2D eigenvalue weighted by Crippen LogP contribution is -2.26. The minimum Gasteiger partial charge on any atom is -0.315 e. The smallest absolute Gasteiger partial charge is 0.250 e. The first-order valence-electron chi connectivity index (χ1n) is 7.01. The van der Waals surface area contributed by atoms with Gasteiger partial charge in [-0.2, -0.15) is 5.10 Å². The third kappa shape index (κ3) is 2.33. The molecule has 106 valence electrons. The van der Waals surface area contributed by atoms with Gasteiger partial charge in [0.05, 0.1) is 12.4 Å². The number of rotatable bonds is 3. The number of nitrogens with zero attached hydrogens (tertiary/aromatic N) is 4. The van der Waals surface area contributed by atoms with Crippen LogP contribution < -0.4 is 5.32 Å². The SMILES string of the molecule is Cc1cnn([C@H](C)C(=O)Nc2cnc3n2CCCC3)c1. The van der Waals surface area contributed by atoms with Crippen molar-refractivity contribution in [1.82, 2.24) is 19.3 Å². The van der Waals surface area contributed by atoms with Crippen LogP contribution in [0.25, 0.3) is 0 Å². The Bertz CT molecular complexity index is 627. The molecule has 1 atom stereocenters. The second-order valence-corrected chi connectivity index (χ2v) is 5.33. The summed E-state index contributed by atoms with van der Waals surface area (Å²) in [6.07, 6.45) is 8.68. The summed E-state index contributed by atoms with van der Waals surface area (Å²) in [5.74, 6) is 1.79. The molecule has 2 aromatic rings. The number of nitrogens with one attached hydrogen (secondary N) is 1. The van der Waals surface area contributed by atoms with E-state index in [1.807, 2.05) is 20.0 Å². The molecular weight excluding hydrogens is 254 g/mol. The molecule has 0 saturated carbocycles. The molecule has 0 spiro atoms. The first-order valence-corrected chi connectivity index (χ1v) is 7.01. The molecule has 6 nitrogen and oxygen atoms in total. The summed E-state index contributed by atoms with van der Waals surface area (Å²) in [6, 6.07) is -0.335. The molecule has 1 amide bonds. The van der Waals surface area contributed by atoms with Crippen LogP contribution in [0.1, 0.15) is 37.2 Å². The van der Waals surface area contributed by atoms with Crippen LogP contribution in [0.4, 0.5) is 5.82 Å². The van der Waals surface area contributed by atoms with Gasteiger partial charge in [0.1, 0.15) is 17.7 Å². The zero-order chi connectivity index (χ0) is 14.1. The van der Waals surface area contributed by atoms with E-state index in [4.69, 9.17) is 0 Å². The average Bonchev–Trinajstić information content (AvgIpc) is 3.05. The number of aryl methyl sites for hydroxylation is 2. The number of amides is 1. The lowest BCUT2D eigenvalue weighted by Gasteiger charge is -2.18. The van der Waals surface area contributed by atoms with E-state index >= 15 is 0 Å². The first-order chi connectivity index (χ1) is 9.65. The third-order valence-electron chi connectivity index (χ3n) is 3.73. The highest BCUT2D eigenvalue weighted by molar-refractivity contribution is 5.92. The molecule has 0 aromatic carbocycles. The molecule has 0 fully saturated rings.